The quantitative estimate of drug-likeness (QED) is 0.616. The van der Waals surface area contributed by atoms with Crippen LogP contribution in [-0.4, -0.2) is 37.4 Å². The SMILES string of the molecule is CCN(C(=O)C(=O)NCCNC(C)=O)c1cccc(C)c1. The summed E-state index contributed by atoms with van der Waals surface area (Å²) in [5, 5.41) is 5.04. The van der Waals surface area contributed by atoms with Crippen molar-refractivity contribution in [2.24, 2.45) is 0 Å². The van der Waals surface area contributed by atoms with E-state index >= 15 is 0 Å². The molecule has 2 N–H and O–H groups in total. The lowest BCUT2D eigenvalue weighted by molar-refractivity contribution is -0.137. The smallest absolute Gasteiger partial charge is 0.316 e. The standard InChI is InChI=1S/C15H21N3O3/c1-4-18(13-7-5-6-11(2)10-13)15(21)14(20)17-9-8-16-12(3)19/h5-7,10H,4,8-9H2,1-3H3,(H,16,19)(H,17,20). The minimum atomic E-state index is -0.677. The normalized spacial score (nSPS) is 9.86. The zero-order valence-electron chi connectivity index (χ0n) is 12.6. The highest BCUT2D eigenvalue weighted by atomic mass is 16.2. The molecular formula is C15H21N3O3. The van der Waals surface area contributed by atoms with Crippen LogP contribution in [0.2, 0.25) is 0 Å². The summed E-state index contributed by atoms with van der Waals surface area (Å²) in [5.41, 5.74) is 1.71. The van der Waals surface area contributed by atoms with Crippen molar-refractivity contribution in [1.29, 1.82) is 0 Å². The van der Waals surface area contributed by atoms with E-state index in [9.17, 15) is 14.4 Å². The Morgan fingerprint density at radius 1 is 1.14 bits per heavy atom. The van der Waals surface area contributed by atoms with Crippen LogP contribution in [0.3, 0.4) is 0 Å². The van der Waals surface area contributed by atoms with Crippen LogP contribution < -0.4 is 15.5 Å². The van der Waals surface area contributed by atoms with Gasteiger partial charge in [0.05, 0.1) is 0 Å². The summed E-state index contributed by atoms with van der Waals surface area (Å²) in [6.07, 6.45) is 0. The molecule has 21 heavy (non-hydrogen) atoms. The lowest BCUT2D eigenvalue weighted by Gasteiger charge is -2.20. The topological polar surface area (TPSA) is 78.5 Å². The maximum atomic E-state index is 12.1. The van der Waals surface area contributed by atoms with Crippen molar-refractivity contribution >= 4 is 23.4 Å². The first-order valence-corrected chi connectivity index (χ1v) is 6.86. The molecule has 0 aliphatic rings. The zero-order chi connectivity index (χ0) is 15.8. The number of anilines is 1. The molecule has 0 heterocycles. The summed E-state index contributed by atoms with van der Waals surface area (Å²) in [5.74, 6) is -1.46. The summed E-state index contributed by atoms with van der Waals surface area (Å²) in [6.45, 7) is 6.05. The maximum Gasteiger partial charge on any atom is 0.316 e. The zero-order valence-corrected chi connectivity index (χ0v) is 12.6. The van der Waals surface area contributed by atoms with E-state index in [2.05, 4.69) is 10.6 Å². The molecule has 0 radical (unpaired) electrons. The number of carbonyl (C=O) groups excluding carboxylic acids is 3. The van der Waals surface area contributed by atoms with E-state index in [0.717, 1.165) is 5.56 Å². The predicted molar refractivity (Wildman–Crippen MR) is 80.9 cm³/mol. The van der Waals surface area contributed by atoms with Crippen LogP contribution in [0.1, 0.15) is 19.4 Å². The molecule has 1 aromatic rings. The van der Waals surface area contributed by atoms with E-state index in [0.29, 0.717) is 18.8 Å². The van der Waals surface area contributed by atoms with E-state index in [4.69, 9.17) is 0 Å². The summed E-state index contributed by atoms with van der Waals surface area (Å²) < 4.78 is 0. The first kappa shape index (κ1) is 16.7. The number of nitrogens with zero attached hydrogens (tertiary/aromatic N) is 1. The largest absolute Gasteiger partial charge is 0.355 e. The van der Waals surface area contributed by atoms with Crippen LogP contribution >= 0.6 is 0 Å². The Balaban J connectivity index is 2.62. The van der Waals surface area contributed by atoms with E-state index in [1.165, 1.54) is 11.8 Å². The molecule has 0 aliphatic heterocycles. The highest BCUT2D eigenvalue weighted by molar-refractivity contribution is 6.40. The molecule has 0 saturated heterocycles. The van der Waals surface area contributed by atoms with E-state index in [1.807, 2.05) is 32.0 Å². The highest BCUT2D eigenvalue weighted by Gasteiger charge is 2.21. The van der Waals surface area contributed by atoms with Crippen LogP contribution in [0.5, 0.6) is 0 Å². The molecule has 0 unspecified atom stereocenters. The highest BCUT2D eigenvalue weighted by Crippen LogP contribution is 2.15. The number of benzene rings is 1. The Hall–Kier alpha value is -2.37. The van der Waals surface area contributed by atoms with Crippen molar-refractivity contribution in [3.63, 3.8) is 0 Å². The molecule has 0 saturated carbocycles. The molecule has 6 heteroatoms. The predicted octanol–water partition coefficient (Wildman–Crippen LogP) is 0.600. The molecular weight excluding hydrogens is 270 g/mol. The van der Waals surface area contributed by atoms with Gasteiger partial charge < -0.3 is 15.5 Å². The van der Waals surface area contributed by atoms with Gasteiger partial charge in [0.2, 0.25) is 5.91 Å². The summed E-state index contributed by atoms with van der Waals surface area (Å²) >= 11 is 0. The fraction of sp³-hybridized carbons (Fsp3) is 0.400. The summed E-state index contributed by atoms with van der Waals surface area (Å²) in [7, 11) is 0. The molecule has 6 nitrogen and oxygen atoms in total. The van der Waals surface area contributed by atoms with Crippen molar-refractivity contribution in [2.75, 3.05) is 24.5 Å². The van der Waals surface area contributed by atoms with Gasteiger partial charge in [-0.3, -0.25) is 14.4 Å². The number of amides is 3. The second-order valence-electron chi connectivity index (χ2n) is 4.63. The Morgan fingerprint density at radius 3 is 2.38 bits per heavy atom. The van der Waals surface area contributed by atoms with Crippen molar-refractivity contribution in [2.45, 2.75) is 20.8 Å². The van der Waals surface area contributed by atoms with E-state index in [1.54, 1.807) is 6.07 Å². The number of carbonyl (C=O) groups is 3. The molecule has 3 amide bonds. The summed E-state index contributed by atoms with van der Waals surface area (Å²) in [6, 6.07) is 7.41. The number of hydrogen-bond donors (Lipinski definition) is 2. The fourth-order valence-corrected chi connectivity index (χ4v) is 1.85. The van der Waals surface area contributed by atoms with Gasteiger partial charge in [0.1, 0.15) is 0 Å². The Bertz CT molecular complexity index is 529. The van der Waals surface area contributed by atoms with Gasteiger partial charge in [0.25, 0.3) is 0 Å². The van der Waals surface area contributed by atoms with Crippen molar-refractivity contribution < 1.29 is 14.4 Å². The number of nitrogens with one attached hydrogen (secondary N) is 2. The van der Waals surface area contributed by atoms with Gasteiger partial charge in [-0.25, -0.2) is 0 Å². The van der Waals surface area contributed by atoms with Crippen LogP contribution in [0.25, 0.3) is 0 Å². The Labute approximate surface area is 124 Å². The molecule has 0 aliphatic carbocycles. The van der Waals surface area contributed by atoms with Crippen LogP contribution in [-0.2, 0) is 14.4 Å². The van der Waals surface area contributed by atoms with E-state index in [-0.39, 0.29) is 12.5 Å². The van der Waals surface area contributed by atoms with Gasteiger partial charge in [-0.15, -0.1) is 0 Å². The van der Waals surface area contributed by atoms with Crippen molar-refractivity contribution in [3.05, 3.63) is 29.8 Å². The van der Waals surface area contributed by atoms with Gasteiger partial charge in [-0.2, -0.15) is 0 Å². The Kier molecular flexibility index (Phi) is 6.39. The lowest BCUT2D eigenvalue weighted by atomic mass is 10.2. The summed E-state index contributed by atoms with van der Waals surface area (Å²) in [4.78, 5) is 36.1. The molecule has 1 rings (SSSR count). The molecule has 114 valence electrons. The average molecular weight is 291 g/mol. The maximum absolute atomic E-state index is 12.1. The van der Waals surface area contributed by atoms with Crippen molar-refractivity contribution in [1.82, 2.24) is 10.6 Å². The molecule has 1 aromatic carbocycles. The average Bonchev–Trinajstić information content (AvgIpc) is 2.44. The fourth-order valence-electron chi connectivity index (χ4n) is 1.85. The number of rotatable bonds is 5. The van der Waals surface area contributed by atoms with Gasteiger partial charge in [0, 0.05) is 32.2 Å². The third-order valence-corrected chi connectivity index (χ3v) is 2.85. The van der Waals surface area contributed by atoms with Gasteiger partial charge in [-0.1, -0.05) is 12.1 Å². The molecule has 0 spiro atoms. The second kappa shape index (κ2) is 8.04. The number of likely N-dealkylation sites (N-methyl/N-ethyl adjacent to an activating group) is 1. The molecule has 0 aromatic heterocycles. The third kappa shape index (κ3) is 5.25. The first-order valence-electron chi connectivity index (χ1n) is 6.86. The number of aryl methyl sites for hydroxylation is 1. The Morgan fingerprint density at radius 2 is 1.81 bits per heavy atom. The molecule has 0 bridgehead atoms. The lowest BCUT2D eigenvalue weighted by Crippen LogP contribution is -2.45. The van der Waals surface area contributed by atoms with Gasteiger partial charge >= 0.3 is 11.8 Å². The van der Waals surface area contributed by atoms with Crippen molar-refractivity contribution in [3.8, 4) is 0 Å². The minimum Gasteiger partial charge on any atom is -0.355 e. The van der Waals surface area contributed by atoms with Gasteiger partial charge in [-0.05, 0) is 31.5 Å². The van der Waals surface area contributed by atoms with E-state index < -0.39 is 11.8 Å². The first-order chi connectivity index (χ1) is 9.95. The minimum absolute atomic E-state index is 0.175. The molecule has 0 atom stereocenters. The monoisotopic (exact) mass is 291 g/mol. The number of hydrogen-bond acceptors (Lipinski definition) is 3. The second-order valence-corrected chi connectivity index (χ2v) is 4.63. The third-order valence-electron chi connectivity index (χ3n) is 2.85. The van der Waals surface area contributed by atoms with Crippen LogP contribution in [0, 0.1) is 6.92 Å². The van der Waals surface area contributed by atoms with Crippen LogP contribution in [0.4, 0.5) is 5.69 Å². The van der Waals surface area contributed by atoms with Crippen LogP contribution in [0.15, 0.2) is 24.3 Å². The molecule has 0 fully saturated rings. The van der Waals surface area contributed by atoms with Gasteiger partial charge in [0.15, 0.2) is 0 Å².